The van der Waals surface area contributed by atoms with Gasteiger partial charge in [0.2, 0.25) is 5.91 Å². The molecule has 1 saturated carbocycles. The SMILES string of the molecule is C/C=C/C(=O)N[C@H]1CCC[C@@H](Nc2n[nH]c3c2CN(C(=O)N[C@H](CN(C)C)c2ccccc2)C3(C)C)C1. The fourth-order valence-electron chi connectivity index (χ4n) is 5.52. The van der Waals surface area contributed by atoms with Crippen molar-refractivity contribution in [2.24, 2.45) is 0 Å². The molecule has 0 radical (unpaired) electrons. The minimum absolute atomic E-state index is 0.0414. The highest BCUT2D eigenvalue weighted by Gasteiger charge is 2.44. The number of nitrogens with one attached hydrogen (secondary N) is 4. The van der Waals surface area contributed by atoms with Gasteiger partial charge in [0.1, 0.15) is 0 Å². The molecule has 0 bridgehead atoms. The number of carbonyl (C=O) groups is 2. The van der Waals surface area contributed by atoms with Crippen molar-refractivity contribution in [1.29, 1.82) is 0 Å². The third-order valence-corrected chi connectivity index (χ3v) is 7.44. The molecule has 3 amide bonds. The summed E-state index contributed by atoms with van der Waals surface area (Å²) >= 11 is 0. The van der Waals surface area contributed by atoms with Crippen molar-refractivity contribution in [3.8, 4) is 0 Å². The Balaban J connectivity index is 1.44. The molecule has 2 aliphatic rings. The monoisotopic (exact) mass is 507 g/mol. The molecular formula is C28H41N7O2. The number of aromatic amines is 1. The van der Waals surface area contributed by atoms with Crippen LogP contribution in [0, 0.1) is 0 Å². The summed E-state index contributed by atoms with van der Waals surface area (Å²) in [7, 11) is 4.02. The normalized spacial score (nSPS) is 21.6. The smallest absolute Gasteiger partial charge is 0.319 e. The Morgan fingerprint density at radius 1 is 1.22 bits per heavy atom. The van der Waals surface area contributed by atoms with E-state index in [2.05, 4.69) is 57.0 Å². The largest absolute Gasteiger partial charge is 0.366 e. The van der Waals surface area contributed by atoms with E-state index in [1.54, 1.807) is 12.2 Å². The summed E-state index contributed by atoms with van der Waals surface area (Å²) in [6.07, 6.45) is 7.22. The number of anilines is 1. The number of aromatic nitrogens is 2. The number of allylic oxidation sites excluding steroid dienone is 1. The minimum Gasteiger partial charge on any atom is -0.366 e. The summed E-state index contributed by atoms with van der Waals surface area (Å²) in [4.78, 5) is 29.6. The topological polar surface area (TPSA) is 105 Å². The number of rotatable bonds is 8. The van der Waals surface area contributed by atoms with Crippen LogP contribution in [0.5, 0.6) is 0 Å². The molecule has 2 heterocycles. The number of H-pyrrole nitrogens is 1. The van der Waals surface area contributed by atoms with Gasteiger partial charge >= 0.3 is 6.03 Å². The van der Waals surface area contributed by atoms with Gasteiger partial charge in [-0.25, -0.2) is 4.79 Å². The number of hydrogen-bond acceptors (Lipinski definition) is 5. The molecule has 1 aromatic carbocycles. The van der Waals surface area contributed by atoms with Gasteiger partial charge in [-0.1, -0.05) is 36.4 Å². The zero-order valence-electron chi connectivity index (χ0n) is 22.7. The van der Waals surface area contributed by atoms with Gasteiger partial charge in [-0.15, -0.1) is 0 Å². The first-order chi connectivity index (χ1) is 17.7. The lowest BCUT2D eigenvalue weighted by atomic mass is 9.90. The summed E-state index contributed by atoms with van der Waals surface area (Å²) in [6, 6.07) is 10.2. The molecule has 0 unspecified atom stereocenters. The Kier molecular flexibility index (Phi) is 8.22. The van der Waals surface area contributed by atoms with Crippen LogP contribution in [0.1, 0.15) is 69.3 Å². The Morgan fingerprint density at radius 2 is 1.95 bits per heavy atom. The molecule has 4 N–H and O–H groups in total. The van der Waals surface area contributed by atoms with E-state index in [-0.39, 0.29) is 30.1 Å². The van der Waals surface area contributed by atoms with E-state index in [9.17, 15) is 9.59 Å². The molecule has 1 aliphatic heterocycles. The summed E-state index contributed by atoms with van der Waals surface area (Å²) in [5, 5.41) is 17.8. The average Bonchev–Trinajstić information content (AvgIpc) is 3.37. The molecule has 0 spiro atoms. The van der Waals surface area contributed by atoms with Crippen LogP contribution in [0.3, 0.4) is 0 Å². The number of likely N-dealkylation sites (N-methyl/N-ethyl adjacent to an activating group) is 1. The lowest BCUT2D eigenvalue weighted by molar-refractivity contribution is -0.117. The number of fused-ring (bicyclic) bond motifs is 1. The number of nitrogens with zero attached hydrogens (tertiary/aromatic N) is 3. The molecule has 9 heteroatoms. The molecule has 200 valence electrons. The van der Waals surface area contributed by atoms with Crippen LogP contribution in [0.25, 0.3) is 0 Å². The Morgan fingerprint density at radius 3 is 2.65 bits per heavy atom. The van der Waals surface area contributed by atoms with Gasteiger partial charge in [0.05, 0.1) is 23.8 Å². The van der Waals surface area contributed by atoms with Crippen LogP contribution >= 0.6 is 0 Å². The lowest BCUT2D eigenvalue weighted by Gasteiger charge is -2.34. The van der Waals surface area contributed by atoms with Gasteiger partial charge in [0.15, 0.2) is 5.82 Å². The predicted molar refractivity (Wildman–Crippen MR) is 146 cm³/mol. The van der Waals surface area contributed by atoms with E-state index in [1.807, 2.05) is 44.1 Å². The van der Waals surface area contributed by atoms with Gasteiger partial charge in [-0.05, 0) is 72.2 Å². The quantitative estimate of drug-likeness (QED) is 0.406. The van der Waals surface area contributed by atoms with E-state index in [0.717, 1.165) is 48.3 Å². The highest BCUT2D eigenvalue weighted by Crippen LogP contribution is 2.41. The van der Waals surface area contributed by atoms with Crippen LogP contribution in [0.15, 0.2) is 42.5 Å². The van der Waals surface area contributed by atoms with Gasteiger partial charge in [-0.2, -0.15) is 5.10 Å². The van der Waals surface area contributed by atoms with Gasteiger partial charge in [0.25, 0.3) is 0 Å². The second-order valence-electron chi connectivity index (χ2n) is 11.0. The second-order valence-corrected chi connectivity index (χ2v) is 11.0. The van der Waals surface area contributed by atoms with Gasteiger partial charge in [-0.3, -0.25) is 9.89 Å². The van der Waals surface area contributed by atoms with Crippen LogP contribution in [0.2, 0.25) is 0 Å². The van der Waals surface area contributed by atoms with E-state index < -0.39 is 5.54 Å². The molecule has 37 heavy (non-hydrogen) atoms. The predicted octanol–water partition coefficient (Wildman–Crippen LogP) is 3.89. The number of hydrogen-bond donors (Lipinski definition) is 4. The second kappa shape index (κ2) is 11.4. The zero-order chi connectivity index (χ0) is 26.6. The van der Waals surface area contributed by atoms with Crippen molar-refractivity contribution in [2.75, 3.05) is 26.0 Å². The molecule has 4 rings (SSSR count). The zero-order valence-corrected chi connectivity index (χ0v) is 22.7. The third kappa shape index (κ3) is 6.15. The van der Waals surface area contributed by atoms with Crippen LogP contribution < -0.4 is 16.0 Å². The first-order valence-electron chi connectivity index (χ1n) is 13.2. The number of amides is 3. The Bertz CT molecular complexity index is 1110. The molecule has 1 aromatic heterocycles. The number of urea groups is 1. The Labute approximate surface area is 220 Å². The molecule has 0 saturated heterocycles. The minimum atomic E-state index is -0.527. The average molecular weight is 508 g/mol. The maximum Gasteiger partial charge on any atom is 0.319 e. The molecule has 1 aliphatic carbocycles. The van der Waals surface area contributed by atoms with Crippen molar-refractivity contribution < 1.29 is 9.59 Å². The van der Waals surface area contributed by atoms with Crippen molar-refractivity contribution in [1.82, 2.24) is 30.6 Å². The van der Waals surface area contributed by atoms with E-state index in [0.29, 0.717) is 13.1 Å². The van der Waals surface area contributed by atoms with Crippen molar-refractivity contribution in [3.63, 3.8) is 0 Å². The molecule has 9 nitrogen and oxygen atoms in total. The number of benzene rings is 1. The lowest BCUT2D eigenvalue weighted by Crippen LogP contribution is -2.48. The fourth-order valence-corrected chi connectivity index (χ4v) is 5.52. The molecule has 1 fully saturated rings. The summed E-state index contributed by atoms with van der Waals surface area (Å²) in [5.74, 6) is 0.761. The molecular weight excluding hydrogens is 466 g/mol. The fraction of sp³-hybridized carbons (Fsp3) is 0.536. The van der Waals surface area contributed by atoms with Gasteiger partial charge < -0.3 is 25.8 Å². The first kappa shape index (κ1) is 26.7. The summed E-state index contributed by atoms with van der Waals surface area (Å²) < 4.78 is 0. The number of carbonyl (C=O) groups excluding carboxylic acids is 2. The van der Waals surface area contributed by atoms with Crippen LogP contribution in [0.4, 0.5) is 10.6 Å². The van der Waals surface area contributed by atoms with Crippen LogP contribution in [-0.4, -0.2) is 64.7 Å². The van der Waals surface area contributed by atoms with Crippen molar-refractivity contribution >= 4 is 17.8 Å². The summed E-state index contributed by atoms with van der Waals surface area (Å²) in [6.45, 7) is 7.13. The van der Waals surface area contributed by atoms with E-state index in [4.69, 9.17) is 0 Å². The third-order valence-electron chi connectivity index (χ3n) is 7.44. The van der Waals surface area contributed by atoms with Crippen molar-refractivity contribution in [2.45, 2.75) is 76.7 Å². The highest BCUT2D eigenvalue weighted by atomic mass is 16.2. The highest BCUT2D eigenvalue weighted by molar-refractivity contribution is 5.87. The van der Waals surface area contributed by atoms with Gasteiger partial charge in [0, 0.05) is 24.2 Å². The summed E-state index contributed by atoms with van der Waals surface area (Å²) in [5.41, 5.74) is 2.55. The maximum atomic E-state index is 13.6. The Hall–Kier alpha value is -3.33. The standard InChI is InChI=1S/C28H41N7O2/c1-6-11-24(36)29-20-14-10-15-21(16-20)30-26-22-17-35(28(2,3)25(22)32-33-26)27(37)31-23(18-34(4)5)19-12-8-7-9-13-19/h6-9,11-13,20-21,23H,10,14-18H2,1-5H3,(H,29,36)(H,31,37)(H2,30,32,33)/b11-6+/t20-,21+,23+/m0/s1. The van der Waals surface area contributed by atoms with E-state index in [1.165, 1.54) is 0 Å². The first-order valence-corrected chi connectivity index (χ1v) is 13.2. The molecule has 2 aromatic rings. The van der Waals surface area contributed by atoms with E-state index >= 15 is 0 Å². The van der Waals surface area contributed by atoms with Crippen LogP contribution in [-0.2, 0) is 16.9 Å². The van der Waals surface area contributed by atoms with Crippen molar-refractivity contribution in [3.05, 3.63) is 59.3 Å². The molecule has 3 atom stereocenters. The maximum absolute atomic E-state index is 13.6.